The molecule has 0 saturated carbocycles. The minimum absolute atomic E-state index is 0.420. The summed E-state index contributed by atoms with van der Waals surface area (Å²) in [6.45, 7) is 1.10. The third-order valence-corrected chi connectivity index (χ3v) is 2.98. The van der Waals surface area contributed by atoms with Gasteiger partial charge in [-0.2, -0.15) is 13.2 Å². The van der Waals surface area contributed by atoms with E-state index in [4.69, 9.17) is 0 Å². The van der Waals surface area contributed by atoms with Crippen LogP contribution in [0.2, 0.25) is 0 Å². The molecule has 0 aliphatic rings. The Kier molecular flexibility index (Phi) is 4.93. The second-order valence-corrected chi connectivity index (χ2v) is 4.55. The molecule has 8 heteroatoms. The van der Waals surface area contributed by atoms with Gasteiger partial charge in [0.05, 0.1) is 6.54 Å². The molecule has 0 fully saturated rings. The molecule has 104 valence electrons. The molecule has 19 heavy (non-hydrogen) atoms. The first-order valence-electron chi connectivity index (χ1n) is 5.11. The number of alkyl halides is 3. The van der Waals surface area contributed by atoms with Gasteiger partial charge >= 0.3 is 12.1 Å². The van der Waals surface area contributed by atoms with Crippen LogP contribution in [0.5, 0.6) is 0 Å². The number of benzene rings is 1. The first-order valence-corrected chi connectivity index (χ1v) is 5.90. The number of hydrogen-bond acceptors (Lipinski definition) is 2. The van der Waals surface area contributed by atoms with Crippen LogP contribution < -0.4 is 10.6 Å². The SMILES string of the molecule is Cc1ccc(NC(=O)CNC(=O)C(F)(F)F)cc1Br. The maximum absolute atomic E-state index is 11.9. The first kappa shape index (κ1) is 15.5. The number of aryl methyl sites for hydroxylation is 1. The molecule has 0 atom stereocenters. The van der Waals surface area contributed by atoms with Crippen LogP contribution >= 0.6 is 15.9 Å². The van der Waals surface area contributed by atoms with Crippen molar-refractivity contribution in [2.24, 2.45) is 0 Å². The highest BCUT2D eigenvalue weighted by Crippen LogP contribution is 2.20. The molecule has 0 radical (unpaired) electrons. The highest BCUT2D eigenvalue weighted by molar-refractivity contribution is 9.10. The predicted octanol–water partition coefficient (Wildman–Crippen LogP) is 2.37. The zero-order chi connectivity index (χ0) is 14.6. The summed E-state index contributed by atoms with van der Waals surface area (Å²) in [4.78, 5) is 21.8. The molecular formula is C11H10BrF3N2O2. The monoisotopic (exact) mass is 338 g/mol. The van der Waals surface area contributed by atoms with Gasteiger partial charge in [0.25, 0.3) is 0 Å². The average Bonchev–Trinajstić information content (AvgIpc) is 2.29. The van der Waals surface area contributed by atoms with Crippen molar-refractivity contribution in [2.75, 3.05) is 11.9 Å². The number of hydrogen-bond donors (Lipinski definition) is 2. The van der Waals surface area contributed by atoms with Gasteiger partial charge < -0.3 is 10.6 Å². The van der Waals surface area contributed by atoms with Crippen LogP contribution in [-0.4, -0.2) is 24.5 Å². The minimum atomic E-state index is -4.99. The van der Waals surface area contributed by atoms with Crippen molar-refractivity contribution in [1.82, 2.24) is 5.32 Å². The van der Waals surface area contributed by atoms with Gasteiger partial charge in [0.15, 0.2) is 0 Å². The average molecular weight is 339 g/mol. The van der Waals surface area contributed by atoms with Crippen molar-refractivity contribution in [3.05, 3.63) is 28.2 Å². The molecule has 1 aromatic carbocycles. The molecule has 0 aliphatic carbocycles. The Balaban J connectivity index is 2.52. The summed E-state index contributed by atoms with van der Waals surface area (Å²) in [5, 5.41) is 3.85. The molecule has 1 rings (SSSR count). The van der Waals surface area contributed by atoms with Crippen LogP contribution in [0.15, 0.2) is 22.7 Å². The summed E-state index contributed by atoms with van der Waals surface area (Å²) < 4.78 is 36.4. The zero-order valence-corrected chi connectivity index (χ0v) is 11.4. The predicted molar refractivity (Wildman–Crippen MR) is 66.6 cm³/mol. The second kappa shape index (κ2) is 6.05. The van der Waals surface area contributed by atoms with E-state index in [1.54, 1.807) is 18.2 Å². The van der Waals surface area contributed by atoms with Crippen molar-refractivity contribution >= 4 is 33.4 Å². The number of halogens is 4. The largest absolute Gasteiger partial charge is 0.471 e. The fourth-order valence-corrected chi connectivity index (χ4v) is 1.52. The van der Waals surface area contributed by atoms with E-state index >= 15 is 0 Å². The summed E-state index contributed by atoms with van der Waals surface area (Å²) in [5.74, 6) is -2.89. The lowest BCUT2D eigenvalue weighted by Crippen LogP contribution is -2.41. The molecule has 2 N–H and O–H groups in total. The van der Waals surface area contributed by atoms with Crippen molar-refractivity contribution in [2.45, 2.75) is 13.1 Å². The first-order chi connectivity index (χ1) is 8.70. The van der Waals surface area contributed by atoms with Crippen LogP contribution in [0.4, 0.5) is 18.9 Å². The molecule has 2 amide bonds. The van der Waals surface area contributed by atoms with Crippen LogP contribution in [-0.2, 0) is 9.59 Å². The Labute approximate surface area is 115 Å². The normalized spacial score (nSPS) is 11.0. The van der Waals surface area contributed by atoms with Gasteiger partial charge in [-0.05, 0) is 24.6 Å². The highest BCUT2D eigenvalue weighted by Gasteiger charge is 2.38. The molecule has 0 heterocycles. The van der Waals surface area contributed by atoms with Gasteiger partial charge in [0.2, 0.25) is 5.91 Å². The molecule has 0 spiro atoms. The fraction of sp³-hybridized carbons (Fsp3) is 0.273. The summed E-state index contributed by atoms with van der Waals surface area (Å²) >= 11 is 3.25. The van der Waals surface area contributed by atoms with Crippen molar-refractivity contribution < 1.29 is 22.8 Å². The molecular weight excluding hydrogens is 329 g/mol. The van der Waals surface area contributed by atoms with Gasteiger partial charge in [-0.15, -0.1) is 0 Å². The number of rotatable bonds is 3. The minimum Gasteiger partial charge on any atom is -0.339 e. The summed E-state index contributed by atoms with van der Waals surface area (Å²) in [6, 6.07) is 4.94. The van der Waals surface area contributed by atoms with E-state index in [-0.39, 0.29) is 0 Å². The topological polar surface area (TPSA) is 58.2 Å². The van der Waals surface area contributed by atoms with Gasteiger partial charge in [0, 0.05) is 10.2 Å². The maximum Gasteiger partial charge on any atom is 0.471 e. The van der Waals surface area contributed by atoms with Crippen molar-refractivity contribution in [3.8, 4) is 0 Å². The highest BCUT2D eigenvalue weighted by atomic mass is 79.9. The van der Waals surface area contributed by atoms with Gasteiger partial charge in [-0.1, -0.05) is 22.0 Å². The van der Waals surface area contributed by atoms with Gasteiger partial charge in [-0.3, -0.25) is 9.59 Å². The number of nitrogens with one attached hydrogen (secondary N) is 2. The number of carbonyl (C=O) groups excluding carboxylic acids is 2. The molecule has 4 nitrogen and oxygen atoms in total. The van der Waals surface area contributed by atoms with Crippen molar-refractivity contribution in [3.63, 3.8) is 0 Å². The lowest BCUT2D eigenvalue weighted by molar-refractivity contribution is -0.173. The fourth-order valence-electron chi connectivity index (χ4n) is 1.14. The van der Waals surface area contributed by atoms with E-state index < -0.39 is 24.5 Å². The lowest BCUT2D eigenvalue weighted by Gasteiger charge is -2.09. The van der Waals surface area contributed by atoms with E-state index in [0.29, 0.717) is 5.69 Å². The van der Waals surface area contributed by atoms with Crippen LogP contribution in [0.25, 0.3) is 0 Å². The zero-order valence-electron chi connectivity index (χ0n) is 9.77. The Morgan fingerprint density at radius 3 is 2.47 bits per heavy atom. The molecule has 0 saturated heterocycles. The molecule has 0 aliphatic heterocycles. The number of carbonyl (C=O) groups is 2. The third kappa shape index (κ3) is 4.90. The van der Waals surface area contributed by atoms with E-state index in [1.165, 1.54) is 5.32 Å². The van der Waals surface area contributed by atoms with E-state index in [0.717, 1.165) is 10.0 Å². The molecule has 1 aromatic rings. The molecule has 0 bridgehead atoms. The third-order valence-electron chi connectivity index (χ3n) is 2.12. The van der Waals surface area contributed by atoms with Crippen LogP contribution in [0.1, 0.15) is 5.56 Å². The molecule has 0 unspecified atom stereocenters. The summed E-state index contributed by atoms with van der Waals surface area (Å²) in [6.07, 6.45) is -4.99. The standard InChI is InChI=1S/C11H10BrF3N2O2/c1-6-2-3-7(4-8(6)12)17-9(18)5-16-10(19)11(13,14)15/h2-4H,5H2,1H3,(H,16,19)(H,17,18). The lowest BCUT2D eigenvalue weighted by atomic mass is 10.2. The Morgan fingerprint density at radius 2 is 1.95 bits per heavy atom. The van der Waals surface area contributed by atoms with E-state index in [1.807, 2.05) is 6.92 Å². The van der Waals surface area contributed by atoms with Gasteiger partial charge in [0.1, 0.15) is 0 Å². The summed E-state index contributed by atoms with van der Waals surface area (Å²) in [7, 11) is 0. The van der Waals surface area contributed by atoms with E-state index in [9.17, 15) is 22.8 Å². The quantitative estimate of drug-likeness (QED) is 0.888. The Morgan fingerprint density at radius 1 is 1.32 bits per heavy atom. The van der Waals surface area contributed by atoms with Crippen LogP contribution in [0.3, 0.4) is 0 Å². The summed E-state index contributed by atoms with van der Waals surface area (Å²) in [5.41, 5.74) is 1.37. The Bertz CT molecular complexity index is 503. The Hall–Kier alpha value is -1.57. The smallest absolute Gasteiger partial charge is 0.339 e. The number of anilines is 1. The maximum atomic E-state index is 11.9. The number of amides is 2. The second-order valence-electron chi connectivity index (χ2n) is 3.69. The van der Waals surface area contributed by atoms with Gasteiger partial charge in [-0.25, -0.2) is 0 Å². The van der Waals surface area contributed by atoms with Crippen LogP contribution in [0, 0.1) is 6.92 Å². The van der Waals surface area contributed by atoms with Crippen molar-refractivity contribution in [1.29, 1.82) is 0 Å². The molecule has 0 aromatic heterocycles. The van der Waals surface area contributed by atoms with E-state index in [2.05, 4.69) is 21.2 Å².